The smallest absolute Gasteiger partial charge is 0.239 e. The summed E-state index contributed by atoms with van der Waals surface area (Å²) in [4.78, 5) is 13.7. The van der Waals surface area contributed by atoms with E-state index in [0.717, 1.165) is 39.3 Å². The number of ether oxygens (including phenoxy) is 1. The SMILES string of the molecule is CC1NCCN(CC2CCOC2)C1=O. The third-order valence-corrected chi connectivity index (χ3v) is 3.02. The Labute approximate surface area is 84.6 Å². The van der Waals surface area contributed by atoms with Crippen molar-refractivity contribution < 1.29 is 9.53 Å². The number of hydrogen-bond donors (Lipinski definition) is 1. The normalized spacial score (nSPS) is 33.8. The van der Waals surface area contributed by atoms with Gasteiger partial charge in [-0.1, -0.05) is 0 Å². The van der Waals surface area contributed by atoms with E-state index >= 15 is 0 Å². The molecule has 2 fully saturated rings. The molecule has 2 aliphatic rings. The molecule has 2 unspecified atom stereocenters. The zero-order valence-electron chi connectivity index (χ0n) is 8.66. The predicted molar refractivity (Wildman–Crippen MR) is 53.0 cm³/mol. The lowest BCUT2D eigenvalue weighted by Crippen LogP contribution is -2.54. The number of nitrogens with one attached hydrogen (secondary N) is 1. The molecule has 0 aromatic rings. The Hall–Kier alpha value is -0.610. The first-order valence-electron chi connectivity index (χ1n) is 5.37. The molecule has 4 nitrogen and oxygen atoms in total. The van der Waals surface area contributed by atoms with Crippen LogP contribution in [0.4, 0.5) is 0 Å². The average molecular weight is 198 g/mol. The molecule has 80 valence electrons. The first kappa shape index (κ1) is 9.93. The van der Waals surface area contributed by atoms with Crippen molar-refractivity contribution in [3.05, 3.63) is 0 Å². The lowest BCUT2D eigenvalue weighted by molar-refractivity contribution is -0.135. The second-order valence-corrected chi connectivity index (χ2v) is 4.19. The molecule has 2 aliphatic heterocycles. The van der Waals surface area contributed by atoms with Gasteiger partial charge in [0.05, 0.1) is 12.6 Å². The third-order valence-electron chi connectivity index (χ3n) is 3.02. The first-order valence-corrected chi connectivity index (χ1v) is 5.37. The maximum Gasteiger partial charge on any atom is 0.239 e. The average Bonchev–Trinajstić information content (AvgIpc) is 2.66. The van der Waals surface area contributed by atoms with E-state index < -0.39 is 0 Å². The molecule has 2 rings (SSSR count). The lowest BCUT2D eigenvalue weighted by Gasteiger charge is -2.32. The molecule has 14 heavy (non-hydrogen) atoms. The van der Waals surface area contributed by atoms with Gasteiger partial charge in [0.2, 0.25) is 5.91 Å². The predicted octanol–water partition coefficient (Wildman–Crippen LogP) is -0.157. The van der Waals surface area contributed by atoms with Crippen LogP contribution in [0, 0.1) is 5.92 Å². The number of nitrogens with zero attached hydrogens (tertiary/aromatic N) is 1. The lowest BCUT2D eigenvalue weighted by atomic mass is 10.1. The Morgan fingerprint density at radius 1 is 1.64 bits per heavy atom. The van der Waals surface area contributed by atoms with Crippen molar-refractivity contribution in [2.75, 3.05) is 32.8 Å². The van der Waals surface area contributed by atoms with Crippen molar-refractivity contribution in [1.82, 2.24) is 10.2 Å². The highest BCUT2D eigenvalue weighted by Crippen LogP contribution is 2.15. The maximum absolute atomic E-state index is 11.7. The fraction of sp³-hybridized carbons (Fsp3) is 0.900. The van der Waals surface area contributed by atoms with E-state index in [1.54, 1.807) is 0 Å². The fourth-order valence-corrected chi connectivity index (χ4v) is 2.11. The van der Waals surface area contributed by atoms with Gasteiger partial charge in [-0.2, -0.15) is 0 Å². The van der Waals surface area contributed by atoms with Crippen LogP contribution >= 0.6 is 0 Å². The molecule has 1 N–H and O–H groups in total. The highest BCUT2D eigenvalue weighted by Gasteiger charge is 2.27. The summed E-state index contributed by atoms with van der Waals surface area (Å²) in [6.45, 7) is 6.26. The highest BCUT2D eigenvalue weighted by atomic mass is 16.5. The van der Waals surface area contributed by atoms with Crippen molar-refractivity contribution in [2.24, 2.45) is 5.92 Å². The monoisotopic (exact) mass is 198 g/mol. The number of carbonyl (C=O) groups is 1. The van der Waals surface area contributed by atoms with E-state index in [2.05, 4.69) is 5.32 Å². The molecule has 0 spiro atoms. The summed E-state index contributed by atoms with van der Waals surface area (Å²) in [6.07, 6.45) is 1.10. The molecule has 0 aromatic heterocycles. The van der Waals surface area contributed by atoms with Gasteiger partial charge in [0.25, 0.3) is 0 Å². The zero-order chi connectivity index (χ0) is 9.97. The second-order valence-electron chi connectivity index (χ2n) is 4.19. The number of rotatable bonds is 2. The van der Waals surface area contributed by atoms with E-state index in [1.165, 1.54) is 0 Å². The molecule has 0 saturated carbocycles. The van der Waals surface area contributed by atoms with Crippen molar-refractivity contribution >= 4 is 5.91 Å². The maximum atomic E-state index is 11.7. The van der Waals surface area contributed by atoms with Crippen LogP contribution in [0.15, 0.2) is 0 Å². The Balaban J connectivity index is 1.86. The molecule has 0 aliphatic carbocycles. The largest absolute Gasteiger partial charge is 0.381 e. The molecule has 2 heterocycles. The van der Waals surface area contributed by atoms with Crippen LogP contribution in [0.25, 0.3) is 0 Å². The van der Waals surface area contributed by atoms with Crippen LogP contribution in [0.1, 0.15) is 13.3 Å². The summed E-state index contributed by atoms with van der Waals surface area (Å²) in [6, 6.07) is -0.00827. The zero-order valence-corrected chi connectivity index (χ0v) is 8.66. The van der Waals surface area contributed by atoms with Crippen molar-refractivity contribution in [2.45, 2.75) is 19.4 Å². The van der Waals surface area contributed by atoms with Crippen LogP contribution in [-0.4, -0.2) is 49.7 Å². The Morgan fingerprint density at radius 3 is 3.21 bits per heavy atom. The number of amides is 1. The molecule has 0 aromatic carbocycles. The molecule has 1 amide bonds. The summed E-state index contributed by atoms with van der Waals surface area (Å²) >= 11 is 0. The van der Waals surface area contributed by atoms with E-state index in [-0.39, 0.29) is 11.9 Å². The van der Waals surface area contributed by atoms with Crippen LogP contribution in [0.3, 0.4) is 0 Å². The van der Waals surface area contributed by atoms with Gasteiger partial charge in [0.1, 0.15) is 0 Å². The standard InChI is InChI=1S/C10H18N2O2/c1-8-10(13)12(4-3-11-8)6-9-2-5-14-7-9/h8-9,11H,2-7H2,1H3. The van der Waals surface area contributed by atoms with Crippen LogP contribution in [0.2, 0.25) is 0 Å². The summed E-state index contributed by atoms with van der Waals surface area (Å²) in [5, 5.41) is 3.16. The minimum atomic E-state index is -0.00827. The van der Waals surface area contributed by atoms with Gasteiger partial charge in [0.15, 0.2) is 0 Å². The van der Waals surface area contributed by atoms with Crippen molar-refractivity contribution in [3.63, 3.8) is 0 Å². The highest BCUT2D eigenvalue weighted by molar-refractivity contribution is 5.82. The number of piperazine rings is 1. The quantitative estimate of drug-likeness (QED) is 0.670. The van der Waals surface area contributed by atoms with Crippen LogP contribution < -0.4 is 5.32 Å². The Morgan fingerprint density at radius 2 is 2.50 bits per heavy atom. The van der Waals surface area contributed by atoms with E-state index in [1.807, 2.05) is 11.8 Å². The molecule has 4 heteroatoms. The van der Waals surface area contributed by atoms with Crippen LogP contribution in [0.5, 0.6) is 0 Å². The van der Waals surface area contributed by atoms with Crippen LogP contribution in [-0.2, 0) is 9.53 Å². The molecular formula is C10H18N2O2. The van der Waals surface area contributed by atoms with Gasteiger partial charge in [-0.25, -0.2) is 0 Å². The Bertz CT molecular complexity index is 214. The number of hydrogen-bond acceptors (Lipinski definition) is 3. The topological polar surface area (TPSA) is 41.6 Å². The second kappa shape index (κ2) is 4.28. The molecular weight excluding hydrogens is 180 g/mol. The summed E-state index contributed by atoms with van der Waals surface area (Å²) < 4.78 is 5.31. The van der Waals surface area contributed by atoms with Gasteiger partial charge in [-0.05, 0) is 13.3 Å². The minimum absolute atomic E-state index is 0.00827. The summed E-state index contributed by atoms with van der Waals surface area (Å²) in [5.74, 6) is 0.799. The molecule has 0 bridgehead atoms. The Kier molecular flexibility index (Phi) is 3.03. The van der Waals surface area contributed by atoms with Crippen molar-refractivity contribution in [3.8, 4) is 0 Å². The van der Waals surface area contributed by atoms with Gasteiger partial charge < -0.3 is 15.0 Å². The van der Waals surface area contributed by atoms with E-state index in [9.17, 15) is 4.79 Å². The van der Waals surface area contributed by atoms with E-state index in [0.29, 0.717) is 5.92 Å². The molecule has 2 saturated heterocycles. The summed E-state index contributed by atoms with van der Waals surface area (Å²) in [7, 11) is 0. The number of carbonyl (C=O) groups excluding carboxylic acids is 1. The minimum Gasteiger partial charge on any atom is -0.381 e. The van der Waals surface area contributed by atoms with E-state index in [4.69, 9.17) is 4.74 Å². The summed E-state index contributed by atoms with van der Waals surface area (Å²) in [5.41, 5.74) is 0. The molecule has 0 radical (unpaired) electrons. The van der Waals surface area contributed by atoms with Gasteiger partial charge >= 0.3 is 0 Å². The van der Waals surface area contributed by atoms with Crippen molar-refractivity contribution in [1.29, 1.82) is 0 Å². The van der Waals surface area contributed by atoms with Gasteiger partial charge in [0, 0.05) is 32.2 Å². The van der Waals surface area contributed by atoms with Gasteiger partial charge in [-0.3, -0.25) is 4.79 Å². The third kappa shape index (κ3) is 2.07. The first-order chi connectivity index (χ1) is 6.77. The molecule has 2 atom stereocenters. The fourth-order valence-electron chi connectivity index (χ4n) is 2.11. The van der Waals surface area contributed by atoms with Gasteiger partial charge in [-0.15, -0.1) is 0 Å².